The molecule has 120 valence electrons. The molecule has 0 radical (unpaired) electrons. The van der Waals surface area contributed by atoms with Crippen LogP contribution in [0.4, 0.5) is 22.9 Å². The first-order valence-corrected chi connectivity index (χ1v) is 8.20. The highest BCUT2D eigenvalue weighted by atomic mass is 16.5. The number of ether oxygens (including phenoxy) is 1. The third kappa shape index (κ3) is 2.84. The molecular formula is C18H22N4O. The van der Waals surface area contributed by atoms with Gasteiger partial charge in [0.2, 0.25) is 0 Å². The topological polar surface area (TPSA) is 49.4 Å². The van der Waals surface area contributed by atoms with Gasteiger partial charge in [-0.1, -0.05) is 6.07 Å². The van der Waals surface area contributed by atoms with Crippen LogP contribution < -0.4 is 15.5 Å². The first-order chi connectivity index (χ1) is 11.3. The average molecular weight is 310 g/mol. The van der Waals surface area contributed by atoms with Crippen LogP contribution in [0.3, 0.4) is 0 Å². The van der Waals surface area contributed by atoms with Gasteiger partial charge in [0.15, 0.2) is 0 Å². The van der Waals surface area contributed by atoms with Gasteiger partial charge in [-0.2, -0.15) is 0 Å². The van der Waals surface area contributed by atoms with Crippen molar-refractivity contribution in [3.8, 4) is 0 Å². The normalized spacial score (nSPS) is 17.5. The van der Waals surface area contributed by atoms with Gasteiger partial charge in [-0.15, -0.1) is 0 Å². The lowest BCUT2D eigenvalue weighted by atomic mass is 10.1. The smallest absolute Gasteiger partial charge is 0.135 e. The van der Waals surface area contributed by atoms with Crippen molar-refractivity contribution in [3.63, 3.8) is 0 Å². The second-order valence-corrected chi connectivity index (χ2v) is 6.14. The maximum Gasteiger partial charge on any atom is 0.135 e. The molecule has 1 saturated heterocycles. The van der Waals surface area contributed by atoms with Gasteiger partial charge in [-0.3, -0.25) is 0 Å². The molecule has 0 spiro atoms. The molecule has 4 rings (SSSR count). The fraction of sp³-hybridized carbons (Fsp3) is 0.389. The van der Waals surface area contributed by atoms with Crippen molar-refractivity contribution < 1.29 is 4.74 Å². The molecule has 0 saturated carbocycles. The summed E-state index contributed by atoms with van der Waals surface area (Å²) in [6.45, 7) is 2.89. The van der Waals surface area contributed by atoms with E-state index in [1.54, 1.807) is 0 Å². The van der Waals surface area contributed by atoms with Crippen molar-refractivity contribution in [2.24, 2.45) is 0 Å². The molecule has 5 heteroatoms. The van der Waals surface area contributed by atoms with E-state index in [1.807, 2.05) is 19.4 Å². The van der Waals surface area contributed by atoms with Crippen LogP contribution >= 0.6 is 0 Å². The van der Waals surface area contributed by atoms with E-state index < -0.39 is 0 Å². The molecule has 3 heterocycles. The maximum absolute atomic E-state index is 5.46. The zero-order valence-corrected chi connectivity index (χ0v) is 13.4. The lowest BCUT2D eigenvalue weighted by Gasteiger charge is -2.33. The third-order valence-corrected chi connectivity index (χ3v) is 4.76. The molecule has 0 aliphatic carbocycles. The minimum absolute atomic E-state index is 0.410. The Labute approximate surface area is 136 Å². The van der Waals surface area contributed by atoms with Gasteiger partial charge in [0, 0.05) is 44.2 Å². The first-order valence-electron chi connectivity index (χ1n) is 8.20. The van der Waals surface area contributed by atoms with Crippen LogP contribution in [0.1, 0.15) is 18.4 Å². The fourth-order valence-electron chi connectivity index (χ4n) is 3.35. The number of rotatable bonds is 2. The van der Waals surface area contributed by atoms with Crippen molar-refractivity contribution in [2.75, 3.05) is 35.7 Å². The molecule has 2 aliphatic rings. The van der Waals surface area contributed by atoms with E-state index in [9.17, 15) is 0 Å². The summed E-state index contributed by atoms with van der Waals surface area (Å²) in [5, 5.41) is 6.96. The molecule has 0 unspecified atom stereocenters. The summed E-state index contributed by atoms with van der Waals surface area (Å²) in [6, 6.07) is 10.6. The van der Waals surface area contributed by atoms with Crippen LogP contribution in [-0.2, 0) is 11.3 Å². The minimum Gasteiger partial charge on any atom is -0.381 e. The maximum atomic E-state index is 5.46. The Hall–Kier alpha value is -2.27. The predicted molar refractivity (Wildman–Crippen MR) is 93.5 cm³/mol. The van der Waals surface area contributed by atoms with E-state index in [2.05, 4.69) is 44.8 Å². The van der Waals surface area contributed by atoms with Crippen molar-refractivity contribution in [1.82, 2.24) is 4.98 Å². The van der Waals surface area contributed by atoms with Crippen LogP contribution in [0.15, 0.2) is 36.5 Å². The van der Waals surface area contributed by atoms with E-state index in [1.165, 1.54) is 11.3 Å². The average Bonchev–Trinajstić information content (AvgIpc) is 2.80. The van der Waals surface area contributed by atoms with E-state index >= 15 is 0 Å². The van der Waals surface area contributed by atoms with Crippen molar-refractivity contribution in [1.29, 1.82) is 0 Å². The van der Waals surface area contributed by atoms with Crippen LogP contribution in [0.5, 0.6) is 0 Å². The zero-order chi connectivity index (χ0) is 15.6. The van der Waals surface area contributed by atoms with Gasteiger partial charge in [0.25, 0.3) is 0 Å². The summed E-state index contributed by atoms with van der Waals surface area (Å²) < 4.78 is 5.46. The number of pyridine rings is 1. The van der Waals surface area contributed by atoms with Gasteiger partial charge in [-0.05, 0) is 37.1 Å². The molecule has 0 atom stereocenters. The number of hydrogen-bond acceptors (Lipinski definition) is 5. The fourth-order valence-corrected chi connectivity index (χ4v) is 3.35. The number of methoxy groups -OCH3 is 1. The number of nitrogens with zero attached hydrogens (tertiary/aromatic N) is 2. The molecule has 23 heavy (non-hydrogen) atoms. The standard InChI is InChI=1S/C18H22N4O/c1-23-15-6-9-22(10-7-15)14-4-5-16-17(11-14)20-12-13-3-2-8-19-18(13)21-16/h2-5,8,11,15,20H,6-7,9-10,12H2,1H3,(H,19,21). The Morgan fingerprint density at radius 2 is 2.04 bits per heavy atom. The summed E-state index contributed by atoms with van der Waals surface area (Å²) in [5.74, 6) is 0.937. The molecule has 1 fully saturated rings. The molecule has 2 N–H and O–H groups in total. The number of nitrogens with one attached hydrogen (secondary N) is 2. The highest BCUT2D eigenvalue weighted by molar-refractivity contribution is 5.79. The van der Waals surface area contributed by atoms with Crippen LogP contribution in [-0.4, -0.2) is 31.3 Å². The molecule has 2 aromatic rings. The Balaban J connectivity index is 1.56. The Bertz CT molecular complexity index is 695. The number of aromatic nitrogens is 1. The molecule has 0 bridgehead atoms. The first kappa shape index (κ1) is 14.3. The summed E-state index contributed by atoms with van der Waals surface area (Å²) in [6.07, 6.45) is 4.42. The molecule has 0 amide bonds. The van der Waals surface area contributed by atoms with Gasteiger partial charge in [0.05, 0.1) is 17.5 Å². The van der Waals surface area contributed by atoms with Crippen molar-refractivity contribution in [3.05, 3.63) is 42.1 Å². The Kier molecular flexibility index (Phi) is 3.79. The number of piperidine rings is 1. The Morgan fingerprint density at radius 1 is 1.17 bits per heavy atom. The lowest BCUT2D eigenvalue weighted by Crippen LogP contribution is -2.36. The monoisotopic (exact) mass is 310 g/mol. The predicted octanol–water partition coefficient (Wildman–Crippen LogP) is 3.37. The van der Waals surface area contributed by atoms with Gasteiger partial charge in [-0.25, -0.2) is 4.98 Å². The lowest BCUT2D eigenvalue weighted by molar-refractivity contribution is 0.0819. The van der Waals surface area contributed by atoms with Crippen LogP contribution in [0, 0.1) is 0 Å². The second kappa shape index (κ2) is 6.08. The summed E-state index contributed by atoms with van der Waals surface area (Å²) in [5.41, 5.74) is 4.67. The molecule has 2 aliphatic heterocycles. The molecular weight excluding hydrogens is 288 g/mol. The number of fused-ring (bicyclic) bond motifs is 2. The van der Waals surface area contributed by atoms with Crippen LogP contribution in [0.2, 0.25) is 0 Å². The summed E-state index contributed by atoms with van der Waals surface area (Å²) in [4.78, 5) is 6.87. The number of anilines is 4. The van der Waals surface area contributed by atoms with E-state index in [-0.39, 0.29) is 0 Å². The van der Waals surface area contributed by atoms with Gasteiger partial charge in [0.1, 0.15) is 5.82 Å². The molecule has 5 nitrogen and oxygen atoms in total. The molecule has 1 aromatic heterocycles. The largest absolute Gasteiger partial charge is 0.381 e. The number of hydrogen-bond donors (Lipinski definition) is 2. The summed E-state index contributed by atoms with van der Waals surface area (Å²) >= 11 is 0. The third-order valence-electron chi connectivity index (χ3n) is 4.76. The molecule has 1 aromatic carbocycles. The van der Waals surface area contributed by atoms with Crippen molar-refractivity contribution in [2.45, 2.75) is 25.5 Å². The number of benzene rings is 1. The zero-order valence-electron chi connectivity index (χ0n) is 13.4. The SMILES string of the molecule is COC1CCN(c2ccc3c(c2)NCc2cccnc2N3)CC1. The van der Waals surface area contributed by atoms with Gasteiger partial charge < -0.3 is 20.3 Å². The Morgan fingerprint density at radius 3 is 2.87 bits per heavy atom. The minimum atomic E-state index is 0.410. The summed E-state index contributed by atoms with van der Waals surface area (Å²) in [7, 11) is 1.81. The van der Waals surface area contributed by atoms with Crippen LogP contribution in [0.25, 0.3) is 0 Å². The van der Waals surface area contributed by atoms with E-state index in [0.29, 0.717) is 6.10 Å². The highest BCUT2D eigenvalue weighted by Crippen LogP contribution is 2.34. The highest BCUT2D eigenvalue weighted by Gasteiger charge is 2.20. The second-order valence-electron chi connectivity index (χ2n) is 6.14. The van der Waals surface area contributed by atoms with E-state index in [4.69, 9.17) is 4.74 Å². The quantitative estimate of drug-likeness (QED) is 0.890. The van der Waals surface area contributed by atoms with Crippen molar-refractivity contribution >= 4 is 22.9 Å². The van der Waals surface area contributed by atoms with E-state index in [0.717, 1.165) is 49.7 Å². The van der Waals surface area contributed by atoms with Gasteiger partial charge >= 0.3 is 0 Å².